The maximum atomic E-state index is 11.6. The average Bonchev–Trinajstić information content (AvgIpc) is 2.38. The van der Waals surface area contributed by atoms with Gasteiger partial charge in [-0.15, -0.1) is 6.58 Å². The Balaban J connectivity index is 2.06. The minimum absolute atomic E-state index is 0.107. The van der Waals surface area contributed by atoms with Crippen LogP contribution in [0.25, 0.3) is 0 Å². The molecule has 4 nitrogen and oxygen atoms in total. The SMILES string of the molecule is C=CCCC(C)Nc1ccc2c(c1)NC(=O)C(C)O2. The maximum absolute atomic E-state index is 11.6. The van der Waals surface area contributed by atoms with Crippen molar-refractivity contribution in [2.24, 2.45) is 0 Å². The lowest BCUT2D eigenvalue weighted by Gasteiger charge is -2.24. The molecular weight excluding hydrogens is 240 g/mol. The highest BCUT2D eigenvalue weighted by Crippen LogP contribution is 2.32. The predicted octanol–water partition coefficient (Wildman–Crippen LogP) is 3.17. The Kier molecular flexibility index (Phi) is 4.10. The monoisotopic (exact) mass is 260 g/mol. The zero-order chi connectivity index (χ0) is 13.8. The first-order chi connectivity index (χ1) is 9.10. The highest BCUT2D eigenvalue weighted by atomic mass is 16.5. The summed E-state index contributed by atoms with van der Waals surface area (Å²) < 4.78 is 5.52. The number of nitrogens with one attached hydrogen (secondary N) is 2. The topological polar surface area (TPSA) is 50.4 Å². The number of amides is 1. The quantitative estimate of drug-likeness (QED) is 0.799. The van der Waals surface area contributed by atoms with Crippen LogP contribution in [0.2, 0.25) is 0 Å². The van der Waals surface area contributed by atoms with E-state index in [0.717, 1.165) is 30.0 Å². The number of ether oxygens (including phenoxy) is 1. The largest absolute Gasteiger partial charge is 0.479 e. The molecule has 2 unspecified atom stereocenters. The number of fused-ring (bicyclic) bond motifs is 1. The van der Waals surface area contributed by atoms with Crippen LogP contribution >= 0.6 is 0 Å². The van der Waals surface area contributed by atoms with Gasteiger partial charge in [0.15, 0.2) is 6.10 Å². The van der Waals surface area contributed by atoms with Crippen LogP contribution < -0.4 is 15.4 Å². The first-order valence-electron chi connectivity index (χ1n) is 6.59. The lowest BCUT2D eigenvalue weighted by atomic mass is 10.1. The van der Waals surface area contributed by atoms with E-state index in [9.17, 15) is 4.79 Å². The predicted molar refractivity (Wildman–Crippen MR) is 77.7 cm³/mol. The molecule has 4 heteroatoms. The van der Waals surface area contributed by atoms with Crippen LogP contribution in [0.1, 0.15) is 26.7 Å². The number of carbonyl (C=O) groups excluding carboxylic acids is 1. The van der Waals surface area contributed by atoms with E-state index < -0.39 is 6.10 Å². The normalized spacial score (nSPS) is 18.8. The van der Waals surface area contributed by atoms with Crippen molar-refractivity contribution in [1.29, 1.82) is 0 Å². The van der Waals surface area contributed by atoms with Gasteiger partial charge in [0.2, 0.25) is 0 Å². The molecule has 19 heavy (non-hydrogen) atoms. The van der Waals surface area contributed by atoms with Crippen molar-refractivity contribution in [1.82, 2.24) is 0 Å². The first kappa shape index (κ1) is 13.5. The van der Waals surface area contributed by atoms with E-state index in [2.05, 4.69) is 24.1 Å². The van der Waals surface area contributed by atoms with Crippen LogP contribution in [-0.4, -0.2) is 18.1 Å². The van der Waals surface area contributed by atoms with Crippen LogP contribution in [-0.2, 0) is 4.79 Å². The zero-order valence-corrected chi connectivity index (χ0v) is 11.4. The molecule has 0 saturated carbocycles. The summed E-state index contributed by atoms with van der Waals surface area (Å²) in [6.45, 7) is 7.58. The van der Waals surface area contributed by atoms with Crippen molar-refractivity contribution in [2.45, 2.75) is 38.8 Å². The third-order valence-electron chi connectivity index (χ3n) is 3.13. The summed E-state index contributed by atoms with van der Waals surface area (Å²) in [6.07, 6.45) is 3.50. The van der Waals surface area contributed by atoms with Gasteiger partial charge in [-0.05, 0) is 44.9 Å². The molecule has 0 aliphatic carbocycles. The Labute approximate surface area is 113 Å². The molecule has 0 aromatic heterocycles. The van der Waals surface area contributed by atoms with Crippen LogP contribution in [0.15, 0.2) is 30.9 Å². The van der Waals surface area contributed by atoms with Crippen LogP contribution in [0, 0.1) is 0 Å². The molecule has 2 atom stereocenters. The van der Waals surface area contributed by atoms with Gasteiger partial charge in [0.1, 0.15) is 5.75 Å². The van der Waals surface area contributed by atoms with Crippen LogP contribution in [0.3, 0.4) is 0 Å². The summed E-state index contributed by atoms with van der Waals surface area (Å²) in [4.78, 5) is 11.6. The molecule has 1 aliphatic rings. The Morgan fingerprint density at radius 1 is 1.58 bits per heavy atom. The van der Waals surface area contributed by atoms with E-state index in [1.165, 1.54) is 0 Å². The van der Waals surface area contributed by atoms with Gasteiger partial charge in [-0.3, -0.25) is 4.79 Å². The van der Waals surface area contributed by atoms with Gasteiger partial charge < -0.3 is 15.4 Å². The summed E-state index contributed by atoms with van der Waals surface area (Å²) in [7, 11) is 0. The summed E-state index contributed by atoms with van der Waals surface area (Å²) in [6, 6.07) is 6.11. The van der Waals surface area contributed by atoms with Gasteiger partial charge >= 0.3 is 0 Å². The molecule has 2 rings (SSSR count). The number of rotatable bonds is 5. The standard InChI is InChI=1S/C15H20N2O2/c1-4-5-6-10(2)16-12-7-8-14-13(9-12)17-15(18)11(3)19-14/h4,7-11,16H,1,5-6H2,2-3H3,(H,17,18). The van der Waals surface area contributed by atoms with Crippen molar-refractivity contribution in [3.63, 3.8) is 0 Å². The highest BCUT2D eigenvalue weighted by molar-refractivity contribution is 5.98. The summed E-state index contributed by atoms with van der Waals surface area (Å²) in [5.41, 5.74) is 1.71. The number of anilines is 2. The first-order valence-corrected chi connectivity index (χ1v) is 6.59. The van der Waals surface area contributed by atoms with Gasteiger partial charge in [-0.2, -0.15) is 0 Å². The minimum atomic E-state index is -0.433. The van der Waals surface area contributed by atoms with E-state index in [1.54, 1.807) is 6.92 Å². The number of benzene rings is 1. The molecule has 2 N–H and O–H groups in total. The van der Waals surface area contributed by atoms with Crippen LogP contribution in [0.5, 0.6) is 5.75 Å². The smallest absolute Gasteiger partial charge is 0.265 e. The van der Waals surface area contributed by atoms with Crippen molar-refractivity contribution < 1.29 is 9.53 Å². The van der Waals surface area contributed by atoms with Gasteiger partial charge in [0.05, 0.1) is 5.69 Å². The van der Waals surface area contributed by atoms with Crippen LogP contribution in [0.4, 0.5) is 11.4 Å². The molecular formula is C15H20N2O2. The molecule has 1 amide bonds. The minimum Gasteiger partial charge on any atom is -0.479 e. The second-order valence-electron chi connectivity index (χ2n) is 4.87. The molecule has 1 aromatic rings. The average molecular weight is 260 g/mol. The van der Waals surface area contributed by atoms with Crippen molar-refractivity contribution in [3.8, 4) is 5.75 Å². The van der Waals surface area contributed by atoms with Gasteiger partial charge in [0.25, 0.3) is 5.91 Å². The van der Waals surface area contributed by atoms with E-state index in [4.69, 9.17) is 4.74 Å². The molecule has 0 fully saturated rings. The Morgan fingerprint density at radius 2 is 2.37 bits per heavy atom. The lowest BCUT2D eigenvalue weighted by Crippen LogP contribution is -2.34. The van der Waals surface area contributed by atoms with E-state index in [1.807, 2.05) is 24.3 Å². The summed E-state index contributed by atoms with van der Waals surface area (Å²) >= 11 is 0. The number of hydrogen-bond donors (Lipinski definition) is 2. The molecule has 0 saturated heterocycles. The third-order valence-corrected chi connectivity index (χ3v) is 3.13. The fourth-order valence-corrected chi connectivity index (χ4v) is 2.02. The molecule has 1 heterocycles. The van der Waals surface area contributed by atoms with Gasteiger partial charge in [-0.1, -0.05) is 6.08 Å². The van der Waals surface area contributed by atoms with Crippen molar-refractivity contribution in [3.05, 3.63) is 30.9 Å². The Morgan fingerprint density at radius 3 is 3.11 bits per heavy atom. The van der Waals surface area contributed by atoms with E-state index in [-0.39, 0.29) is 5.91 Å². The van der Waals surface area contributed by atoms with Gasteiger partial charge in [-0.25, -0.2) is 0 Å². The summed E-state index contributed by atoms with van der Waals surface area (Å²) in [5, 5.41) is 6.24. The Hall–Kier alpha value is -1.97. The van der Waals surface area contributed by atoms with Crippen molar-refractivity contribution >= 4 is 17.3 Å². The van der Waals surface area contributed by atoms with Gasteiger partial charge in [0, 0.05) is 11.7 Å². The third kappa shape index (κ3) is 3.28. The van der Waals surface area contributed by atoms with E-state index in [0.29, 0.717) is 6.04 Å². The molecule has 1 aliphatic heterocycles. The van der Waals surface area contributed by atoms with Crippen molar-refractivity contribution in [2.75, 3.05) is 10.6 Å². The number of hydrogen-bond acceptors (Lipinski definition) is 3. The number of carbonyl (C=O) groups is 1. The zero-order valence-electron chi connectivity index (χ0n) is 11.4. The molecule has 1 aromatic carbocycles. The summed E-state index contributed by atoms with van der Waals surface area (Å²) in [5.74, 6) is 0.612. The molecule has 0 radical (unpaired) electrons. The highest BCUT2D eigenvalue weighted by Gasteiger charge is 2.23. The second-order valence-corrected chi connectivity index (χ2v) is 4.87. The fourth-order valence-electron chi connectivity index (χ4n) is 2.02. The lowest BCUT2D eigenvalue weighted by molar-refractivity contribution is -0.122. The molecule has 0 bridgehead atoms. The van der Waals surface area contributed by atoms with E-state index >= 15 is 0 Å². The molecule has 0 spiro atoms. The fraction of sp³-hybridized carbons (Fsp3) is 0.400. The number of allylic oxidation sites excluding steroid dienone is 1. The Bertz CT molecular complexity index is 485. The molecule has 102 valence electrons. The maximum Gasteiger partial charge on any atom is 0.265 e. The second kappa shape index (κ2) is 5.78.